The summed E-state index contributed by atoms with van der Waals surface area (Å²) in [5.41, 5.74) is 0.680. The van der Waals surface area contributed by atoms with Crippen molar-refractivity contribution in [1.82, 2.24) is 9.78 Å². The summed E-state index contributed by atoms with van der Waals surface area (Å²) < 4.78 is 7.11. The summed E-state index contributed by atoms with van der Waals surface area (Å²) in [6, 6.07) is 0. The summed E-state index contributed by atoms with van der Waals surface area (Å²) in [4.78, 5) is 13.1. The smallest absolute Gasteiger partial charge is 0.334 e. The highest BCUT2D eigenvalue weighted by molar-refractivity contribution is 5.62. The van der Waals surface area contributed by atoms with Gasteiger partial charge in [0.1, 0.15) is 5.69 Å². The second-order valence-electron chi connectivity index (χ2n) is 5.34. The first kappa shape index (κ1) is 14.8. The van der Waals surface area contributed by atoms with E-state index >= 15 is 0 Å². The molecule has 7 nitrogen and oxygen atoms in total. The number of rotatable bonds is 4. The van der Waals surface area contributed by atoms with Gasteiger partial charge in [-0.15, -0.1) is 0 Å². The molecule has 0 saturated carbocycles. The quantitative estimate of drug-likeness (QED) is 0.621. The third-order valence-corrected chi connectivity index (χ3v) is 4.07. The van der Waals surface area contributed by atoms with Crippen LogP contribution in [0.5, 0.6) is 0 Å². The van der Waals surface area contributed by atoms with E-state index in [-0.39, 0.29) is 16.7 Å². The minimum absolute atomic E-state index is 0.100. The Morgan fingerprint density at radius 1 is 1.55 bits per heavy atom. The van der Waals surface area contributed by atoms with Crippen molar-refractivity contribution < 1.29 is 9.66 Å². The zero-order valence-corrected chi connectivity index (χ0v) is 12.5. The normalized spacial score (nSPS) is 23.1. The monoisotopic (exact) mass is 282 g/mol. The highest BCUT2D eigenvalue weighted by atomic mass is 16.6. The van der Waals surface area contributed by atoms with E-state index in [4.69, 9.17) is 4.74 Å². The van der Waals surface area contributed by atoms with Gasteiger partial charge in [-0.25, -0.2) is 4.68 Å². The van der Waals surface area contributed by atoms with Crippen LogP contribution in [0.3, 0.4) is 0 Å². The van der Waals surface area contributed by atoms with E-state index in [9.17, 15) is 10.1 Å². The topological polar surface area (TPSA) is 73.4 Å². The average Bonchev–Trinajstić information content (AvgIpc) is 2.76. The maximum absolute atomic E-state index is 11.4. The Labute approximate surface area is 118 Å². The number of ether oxygens (including phenoxy) is 1. The Bertz CT molecular complexity index is 500. The van der Waals surface area contributed by atoms with Crippen LogP contribution in [0.2, 0.25) is 0 Å². The molecule has 2 atom stereocenters. The van der Waals surface area contributed by atoms with E-state index in [1.54, 1.807) is 18.8 Å². The molecule has 1 aromatic heterocycles. The lowest BCUT2D eigenvalue weighted by atomic mass is 9.96. The zero-order valence-electron chi connectivity index (χ0n) is 12.5. The van der Waals surface area contributed by atoms with E-state index < -0.39 is 0 Å². The van der Waals surface area contributed by atoms with Gasteiger partial charge >= 0.3 is 5.69 Å². The van der Waals surface area contributed by atoms with Crippen molar-refractivity contribution in [3.63, 3.8) is 0 Å². The molecule has 0 bridgehead atoms. The van der Waals surface area contributed by atoms with E-state index in [0.717, 1.165) is 13.0 Å². The molecule has 0 aliphatic carbocycles. The van der Waals surface area contributed by atoms with Gasteiger partial charge in [0.25, 0.3) is 0 Å². The third-order valence-electron chi connectivity index (χ3n) is 4.07. The Hall–Kier alpha value is -1.63. The fourth-order valence-electron chi connectivity index (χ4n) is 2.87. The molecular formula is C13H22N4O3. The van der Waals surface area contributed by atoms with Crippen LogP contribution in [0, 0.1) is 16.0 Å². The molecule has 2 heterocycles. The predicted octanol–water partition coefficient (Wildman–Crippen LogP) is 1.75. The number of nitro groups is 1. The maximum atomic E-state index is 11.4. The standard InChI is InChI=1S/C13H22N4O3/c1-5-10-12(17(18)19)13(15(3)14-10)16-7-6-9(2)11(8-16)20-4/h9,11H,5-8H2,1-4H3. The first-order valence-corrected chi connectivity index (χ1v) is 6.97. The van der Waals surface area contributed by atoms with Gasteiger partial charge in [-0.1, -0.05) is 13.8 Å². The van der Waals surface area contributed by atoms with Crippen LogP contribution in [0.1, 0.15) is 26.0 Å². The fourth-order valence-corrected chi connectivity index (χ4v) is 2.87. The highest BCUT2D eigenvalue weighted by Gasteiger charge is 2.34. The molecule has 1 saturated heterocycles. The van der Waals surface area contributed by atoms with Gasteiger partial charge in [0.15, 0.2) is 0 Å². The van der Waals surface area contributed by atoms with Gasteiger partial charge in [0, 0.05) is 27.2 Å². The van der Waals surface area contributed by atoms with Crippen molar-refractivity contribution in [1.29, 1.82) is 0 Å². The Kier molecular flexibility index (Phi) is 4.27. The van der Waals surface area contributed by atoms with E-state index in [2.05, 4.69) is 12.0 Å². The maximum Gasteiger partial charge on any atom is 0.334 e. The van der Waals surface area contributed by atoms with Crippen molar-refractivity contribution in [3.8, 4) is 0 Å². The molecule has 1 aromatic rings. The van der Waals surface area contributed by atoms with Gasteiger partial charge in [0.2, 0.25) is 5.82 Å². The van der Waals surface area contributed by atoms with Gasteiger partial charge in [0.05, 0.1) is 11.0 Å². The molecule has 112 valence electrons. The van der Waals surface area contributed by atoms with E-state index in [1.807, 2.05) is 11.8 Å². The van der Waals surface area contributed by atoms with Crippen molar-refractivity contribution in [2.45, 2.75) is 32.8 Å². The highest BCUT2D eigenvalue weighted by Crippen LogP contribution is 2.34. The van der Waals surface area contributed by atoms with Gasteiger partial charge < -0.3 is 9.64 Å². The third kappa shape index (κ3) is 2.49. The number of aryl methyl sites for hydroxylation is 2. The first-order valence-electron chi connectivity index (χ1n) is 6.97. The molecule has 1 aliphatic rings. The number of methoxy groups -OCH3 is 1. The summed E-state index contributed by atoms with van der Waals surface area (Å²) in [5, 5.41) is 15.7. The number of nitrogens with zero attached hydrogens (tertiary/aromatic N) is 4. The number of piperidine rings is 1. The lowest BCUT2D eigenvalue weighted by Gasteiger charge is -2.36. The van der Waals surface area contributed by atoms with Crippen LogP contribution in [-0.2, 0) is 18.2 Å². The summed E-state index contributed by atoms with van der Waals surface area (Å²) in [5.74, 6) is 1.06. The molecule has 2 rings (SSSR count). The van der Waals surface area contributed by atoms with Crippen LogP contribution >= 0.6 is 0 Å². The molecule has 0 spiro atoms. The molecular weight excluding hydrogens is 260 g/mol. The first-order chi connectivity index (χ1) is 9.49. The Balaban J connectivity index is 2.37. The summed E-state index contributed by atoms with van der Waals surface area (Å²) in [7, 11) is 3.46. The van der Waals surface area contributed by atoms with Crippen molar-refractivity contribution in [2.75, 3.05) is 25.1 Å². The minimum atomic E-state index is -0.318. The van der Waals surface area contributed by atoms with Crippen LogP contribution < -0.4 is 4.90 Å². The molecule has 0 aromatic carbocycles. The lowest BCUT2D eigenvalue weighted by molar-refractivity contribution is -0.384. The van der Waals surface area contributed by atoms with Gasteiger partial charge in [-0.05, 0) is 18.8 Å². The fraction of sp³-hybridized carbons (Fsp3) is 0.769. The molecule has 7 heteroatoms. The van der Waals surface area contributed by atoms with Gasteiger partial charge in [-0.2, -0.15) is 5.10 Å². The second-order valence-corrected chi connectivity index (χ2v) is 5.34. The van der Waals surface area contributed by atoms with Crippen LogP contribution in [0.4, 0.5) is 11.5 Å². The van der Waals surface area contributed by atoms with Crippen LogP contribution in [0.25, 0.3) is 0 Å². The van der Waals surface area contributed by atoms with Crippen molar-refractivity contribution in [3.05, 3.63) is 15.8 Å². The van der Waals surface area contributed by atoms with Crippen LogP contribution in [0.15, 0.2) is 0 Å². The van der Waals surface area contributed by atoms with Crippen LogP contribution in [-0.4, -0.2) is 41.0 Å². The number of aromatic nitrogens is 2. The molecule has 2 unspecified atom stereocenters. The van der Waals surface area contributed by atoms with E-state index in [0.29, 0.717) is 30.4 Å². The molecule has 20 heavy (non-hydrogen) atoms. The lowest BCUT2D eigenvalue weighted by Crippen LogP contribution is -2.44. The number of hydrogen-bond donors (Lipinski definition) is 0. The summed E-state index contributed by atoms with van der Waals surface area (Å²) in [6.45, 7) is 5.50. The summed E-state index contributed by atoms with van der Waals surface area (Å²) in [6.07, 6.45) is 1.62. The SMILES string of the molecule is CCc1nn(C)c(N2CCC(C)C(OC)C2)c1[N+](=O)[O-]. The van der Waals surface area contributed by atoms with E-state index in [1.165, 1.54) is 0 Å². The summed E-state index contributed by atoms with van der Waals surface area (Å²) >= 11 is 0. The Morgan fingerprint density at radius 2 is 2.25 bits per heavy atom. The van der Waals surface area contributed by atoms with Gasteiger partial charge in [-0.3, -0.25) is 10.1 Å². The number of anilines is 1. The van der Waals surface area contributed by atoms with Crippen molar-refractivity contribution >= 4 is 11.5 Å². The minimum Gasteiger partial charge on any atom is -0.379 e. The van der Waals surface area contributed by atoms with Crippen molar-refractivity contribution in [2.24, 2.45) is 13.0 Å². The molecule has 0 amide bonds. The average molecular weight is 282 g/mol. The molecule has 1 aliphatic heterocycles. The molecule has 1 fully saturated rings. The molecule has 0 N–H and O–H groups in total. The predicted molar refractivity (Wildman–Crippen MR) is 76.0 cm³/mol. The second kappa shape index (κ2) is 5.78. The Morgan fingerprint density at radius 3 is 2.80 bits per heavy atom. The largest absolute Gasteiger partial charge is 0.379 e. The number of hydrogen-bond acceptors (Lipinski definition) is 5. The zero-order chi connectivity index (χ0) is 14.9. The molecule has 0 radical (unpaired) electrons.